The van der Waals surface area contributed by atoms with E-state index in [0.29, 0.717) is 35.8 Å². The summed E-state index contributed by atoms with van der Waals surface area (Å²) in [5.41, 5.74) is 1.67. The number of hydrogen-bond donors (Lipinski definition) is 2. The first-order valence-corrected chi connectivity index (χ1v) is 8.60. The number of halogens is 1. The van der Waals surface area contributed by atoms with E-state index < -0.39 is 6.17 Å². The first-order valence-electron chi connectivity index (χ1n) is 8.60. The Labute approximate surface area is 126 Å². The molecule has 1 unspecified atom stereocenters. The fraction of sp³-hybridized carbons (Fsp3) is 0.833. The highest BCUT2D eigenvalue weighted by Gasteiger charge is 2.57. The highest BCUT2D eigenvalue weighted by molar-refractivity contribution is 5.93. The zero-order chi connectivity index (χ0) is 14.8. The lowest BCUT2D eigenvalue weighted by molar-refractivity contribution is 0.0203. The number of allylic oxidation sites excluding steroid dienone is 1. The van der Waals surface area contributed by atoms with E-state index in [0.717, 1.165) is 38.5 Å². The lowest BCUT2D eigenvalue weighted by Crippen LogP contribution is -2.46. The van der Waals surface area contributed by atoms with Gasteiger partial charge < -0.3 is 10.5 Å². The van der Waals surface area contributed by atoms with E-state index >= 15 is 0 Å². The lowest BCUT2D eigenvalue weighted by atomic mass is 9.53. The summed E-state index contributed by atoms with van der Waals surface area (Å²) >= 11 is 0. The molecule has 3 saturated carbocycles. The zero-order valence-corrected chi connectivity index (χ0v) is 12.8. The summed E-state index contributed by atoms with van der Waals surface area (Å²) in [5.74, 6) is 2.23. The molecule has 3 heteroatoms. The van der Waals surface area contributed by atoms with Gasteiger partial charge in [-0.2, -0.15) is 0 Å². The van der Waals surface area contributed by atoms with E-state index in [1.54, 1.807) is 0 Å². The summed E-state index contributed by atoms with van der Waals surface area (Å²) in [4.78, 5) is 0. The van der Waals surface area contributed by atoms with Crippen LogP contribution in [-0.4, -0.2) is 23.1 Å². The van der Waals surface area contributed by atoms with Crippen molar-refractivity contribution in [3.63, 3.8) is 0 Å². The summed E-state index contributed by atoms with van der Waals surface area (Å²) in [6, 6.07) is 0. The third-order valence-corrected chi connectivity index (χ3v) is 7.20. The fourth-order valence-electron chi connectivity index (χ4n) is 6.04. The molecule has 0 bridgehead atoms. The SMILES string of the molecule is C[C@]12CC[C@H]3[C@@H](CC=C4C[C@H](O)CC[C@@H]43)[C@@H]1CC(F)C2=N. The Bertz CT molecular complexity index is 501. The van der Waals surface area contributed by atoms with Gasteiger partial charge in [-0.25, -0.2) is 4.39 Å². The number of alkyl halides is 1. The number of hydrogen-bond acceptors (Lipinski definition) is 2. The number of nitrogens with one attached hydrogen (secondary N) is 1. The molecule has 0 amide bonds. The topological polar surface area (TPSA) is 44.1 Å². The molecular weight excluding hydrogens is 265 g/mol. The Balaban J connectivity index is 1.64. The third kappa shape index (κ3) is 1.89. The molecule has 2 nitrogen and oxygen atoms in total. The fourth-order valence-corrected chi connectivity index (χ4v) is 6.04. The zero-order valence-electron chi connectivity index (χ0n) is 12.8. The molecule has 4 rings (SSSR count). The van der Waals surface area contributed by atoms with Crippen molar-refractivity contribution in [2.75, 3.05) is 0 Å². The molecule has 3 fully saturated rings. The van der Waals surface area contributed by atoms with Gasteiger partial charge in [0.05, 0.1) is 6.10 Å². The average molecular weight is 291 g/mol. The number of aliphatic hydroxyl groups excluding tert-OH is 1. The summed E-state index contributed by atoms with van der Waals surface area (Å²) < 4.78 is 14.1. The molecule has 0 heterocycles. The van der Waals surface area contributed by atoms with Crippen LogP contribution in [0.1, 0.15) is 51.9 Å². The lowest BCUT2D eigenvalue weighted by Gasteiger charge is -2.52. The number of aliphatic hydroxyl groups is 1. The van der Waals surface area contributed by atoms with Crippen molar-refractivity contribution in [3.05, 3.63) is 11.6 Å². The first-order chi connectivity index (χ1) is 10.0. The minimum Gasteiger partial charge on any atom is -0.393 e. The van der Waals surface area contributed by atoms with Crippen molar-refractivity contribution >= 4 is 5.71 Å². The molecule has 0 aliphatic heterocycles. The molecule has 0 aromatic carbocycles. The normalized spacial score (nSPS) is 52.7. The van der Waals surface area contributed by atoms with Crippen LogP contribution in [0, 0.1) is 34.5 Å². The van der Waals surface area contributed by atoms with Crippen molar-refractivity contribution in [2.45, 2.75) is 64.1 Å². The molecule has 0 saturated heterocycles. The molecule has 0 aromatic rings. The standard InChI is InChI=1S/C18H26FNO/c1-18-7-6-13-12-5-3-11(21)8-10(12)2-4-14(13)15(18)9-16(19)17(18)20/h2,11-16,20-21H,3-9H2,1H3/t11-,12+,13-,14-,15+,16?,18+/m1/s1. The molecule has 4 aliphatic carbocycles. The Morgan fingerprint density at radius 1 is 1.29 bits per heavy atom. The van der Waals surface area contributed by atoms with Crippen LogP contribution in [0.4, 0.5) is 4.39 Å². The van der Waals surface area contributed by atoms with Gasteiger partial charge in [0, 0.05) is 11.1 Å². The molecule has 21 heavy (non-hydrogen) atoms. The van der Waals surface area contributed by atoms with Gasteiger partial charge in [-0.1, -0.05) is 18.6 Å². The third-order valence-electron chi connectivity index (χ3n) is 7.20. The van der Waals surface area contributed by atoms with E-state index in [2.05, 4.69) is 13.0 Å². The molecular formula is C18H26FNO. The van der Waals surface area contributed by atoms with Gasteiger partial charge in [0.25, 0.3) is 0 Å². The molecule has 0 radical (unpaired) electrons. The number of rotatable bonds is 0. The van der Waals surface area contributed by atoms with Crippen molar-refractivity contribution in [3.8, 4) is 0 Å². The highest BCUT2D eigenvalue weighted by Crippen LogP contribution is 2.60. The minimum absolute atomic E-state index is 0.146. The molecule has 0 aromatic heterocycles. The molecule has 2 N–H and O–H groups in total. The molecule has 4 aliphatic rings. The summed E-state index contributed by atoms with van der Waals surface area (Å²) in [6.07, 6.45) is 7.86. The van der Waals surface area contributed by atoms with E-state index in [-0.39, 0.29) is 11.5 Å². The maximum Gasteiger partial charge on any atom is 0.138 e. The maximum atomic E-state index is 14.1. The van der Waals surface area contributed by atoms with Crippen molar-refractivity contribution < 1.29 is 9.50 Å². The van der Waals surface area contributed by atoms with E-state index in [1.165, 1.54) is 5.57 Å². The number of fused-ring (bicyclic) bond motifs is 5. The van der Waals surface area contributed by atoms with E-state index in [1.807, 2.05) is 0 Å². The van der Waals surface area contributed by atoms with Gasteiger partial charge in [0.1, 0.15) is 6.17 Å². The van der Waals surface area contributed by atoms with Gasteiger partial charge in [-0.15, -0.1) is 0 Å². The van der Waals surface area contributed by atoms with Gasteiger partial charge in [-0.05, 0) is 68.6 Å². The molecule has 116 valence electrons. The Kier molecular flexibility index (Phi) is 3.08. The second-order valence-corrected chi connectivity index (χ2v) is 8.06. The van der Waals surface area contributed by atoms with Gasteiger partial charge in [0.15, 0.2) is 0 Å². The molecule has 7 atom stereocenters. The highest BCUT2D eigenvalue weighted by atomic mass is 19.1. The van der Waals surface area contributed by atoms with Crippen LogP contribution < -0.4 is 0 Å². The average Bonchev–Trinajstić information content (AvgIpc) is 2.70. The van der Waals surface area contributed by atoms with Crippen LogP contribution in [-0.2, 0) is 0 Å². The Hall–Kier alpha value is -0.700. The smallest absolute Gasteiger partial charge is 0.138 e. The van der Waals surface area contributed by atoms with Crippen molar-refractivity contribution in [2.24, 2.45) is 29.1 Å². The largest absolute Gasteiger partial charge is 0.393 e. The van der Waals surface area contributed by atoms with Crippen LogP contribution in [0.2, 0.25) is 0 Å². The predicted octanol–water partition coefficient (Wildman–Crippen LogP) is 3.89. The maximum absolute atomic E-state index is 14.1. The van der Waals surface area contributed by atoms with Crippen molar-refractivity contribution in [1.29, 1.82) is 5.41 Å². The monoisotopic (exact) mass is 291 g/mol. The summed E-state index contributed by atoms with van der Waals surface area (Å²) in [5, 5.41) is 18.1. The van der Waals surface area contributed by atoms with Crippen LogP contribution >= 0.6 is 0 Å². The Morgan fingerprint density at radius 2 is 2.10 bits per heavy atom. The minimum atomic E-state index is -1.00. The second kappa shape index (κ2) is 4.65. The van der Waals surface area contributed by atoms with Crippen LogP contribution in [0.25, 0.3) is 0 Å². The summed E-state index contributed by atoms with van der Waals surface area (Å²) in [6.45, 7) is 2.14. The molecule has 0 spiro atoms. The first kappa shape index (κ1) is 13.9. The predicted molar refractivity (Wildman–Crippen MR) is 81.1 cm³/mol. The second-order valence-electron chi connectivity index (χ2n) is 8.06. The van der Waals surface area contributed by atoms with Crippen molar-refractivity contribution in [1.82, 2.24) is 0 Å². The van der Waals surface area contributed by atoms with Gasteiger partial charge >= 0.3 is 0 Å². The van der Waals surface area contributed by atoms with E-state index in [4.69, 9.17) is 5.41 Å². The quantitative estimate of drug-likeness (QED) is 0.653. The van der Waals surface area contributed by atoms with Crippen LogP contribution in [0.15, 0.2) is 11.6 Å². The van der Waals surface area contributed by atoms with Gasteiger partial charge in [-0.3, -0.25) is 0 Å². The van der Waals surface area contributed by atoms with Crippen LogP contribution in [0.5, 0.6) is 0 Å². The summed E-state index contributed by atoms with van der Waals surface area (Å²) in [7, 11) is 0. The van der Waals surface area contributed by atoms with Gasteiger partial charge in [0.2, 0.25) is 0 Å². The Morgan fingerprint density at radius 3 is 2.90 bits per heavy atom. The van der Waals surface area contributed by atoms with E-state index in [9.17, 15) is 9.50 Å². The van der Waals surface area contributed by atoms with Crippen LogP contribution in [0.3, 0.4) is 0 Å².